The van der Waals surface area contributed by atoms with Crippen molar-refractivity contribution in [3.8, 4) is 5.75 Å². The number of nitrogens with one attached hydrogen (secondary N) is 1. The van der Waals surface area contributed by atoms with Gasteiger partial charge in [0.1, 0.15) is 5.75 Å². The molecule has 1 aromatic carbocycles. The molecule has 0 saturated heterocycles. The van der Waals surface area contributed by atoms with Gasteiger partial charge in [0.2, 0.25) is 5.91 Å². The van der Waals surface area contributed by atoms with Crippen LogP contribution >= 0.6 is 0 Å². The maximum atomic E-state index is 11.8. The number of benzene rings is 1. The lowest BCUT2D eigenvalue weighted by molar-refractivity contribution is -0.118. The minimum Gasteiger partial charge on any atom is -0.506 e. The minimum atomic E-state index is -0.556. The Bertz CT molecular complexity index is 404. The van der Waals surface area contributed by atoms with Crippen LogP contribution in [0.5, 0.6) is 5.75 Å². The van der Waals surface area contributed by atoms with Gasteiger partial charge in [-0.05, 0) is 30.5 Å². The van der Waals surface area contributed by atoms with Gasteiger partial charge in [-0.25, -0.2) is 0 Å². The van der Waals surface area contributed by atoms with E-state index in [-0.39, 0.29) is 17.6 Å². The Kier molecular flexibility index (Phi) is 4.52. The summed E-state index contributed by atoms with van der Waals surface area (Å²) >= 11 is 0. The number of rotatable bonds is 4. The molecule has 1 aromatic rings. The highest BCUT2D eigenvalue weighted by molar-refractivity contribution is 5.96. The van der Waals surface area contributed by atoms with E-state index >= 15 is 0 Å². The van der Waals surface area contributed by atoms with E-state index in [4.69, 9.17) is 5.73 Å². The summed E-state index contributed by atoms with van der Waals surface area (Å²) < 4.78 is 0. The number of hydrogen-bond donors (Lipinski definition) is 3. The average molecular weight is 236 g/mol. The summed E-state index contributed by atoms with van der Waals surface area (Å²) in [7, 11) is 0. The van der Waals surface area contributed by atoms with Gasteiger partial charge >= 0.3 is 0 Å². The highest BCUT2D eigenvalue weighted by Crippen LogP contribution is 2.24. The predicted octanol–water partition coefficient (Wildman–Crippen LogP) is 2.01. The van der Waals surface area contributed by atoms with Crippen molar-refractivity contribution in [2.45, 2.75) is 33.2 Å². The number of anilines is 1. The number of carbonyl (C=O) groups excluding carboxylic acids is 1. The fraction of sp³-hybridized carbons (Fsp3) is 0.462. The molecule has 4 heteroatoms. The van der Waals surface area contributed by atoms with Crippen LogP contribution in [0.15, 0.2) is 18.2 Å². The summed E-state index contributed by atoms with van der Waals surface area (Å²) in [6.45, 7) is 5.81. The fourth-order valence-corrected chi connectivity index (χ4v) is 1.48. The number of aromatic hydroxyl groups is 1. The molecule has 4 nitrogen and oxygen atoms in total. The van der Waals surface area contributed by atoms with E-state index in [1.807, 2.05) is 20.8 Å². The molecular formula is C13H20N2O2. The molecule has 2 atom stereocenters. The fourth-order valence-electron chi connectivity index (χ4n) is 1.48. The zero-order valence-electron chi connectivity index (χ0n) is 10.5. The average Bonchev–Trinajstić information content (AvgIpc) is 2.31. The van der Waals surface area contributed by atoms with Crippen molar-refractivity contribution in [3.05, 3.63) is 23.8 Å². The van der Waals surface area contributed by atoms with Gasteiger partial charge in [0.25, 0.3) is 0 Å². The summed E-state index contributed by atoms with van der Waals surface area (Å²) in [4.78, 5) is 11.8. The normalized spacial score (nSPS) is 14.1. The second kappa shape index (κ2) is 5.68. The van der Waals surface area contributed by atoms with E-state index < -0.39 is 6.04 Å². The molecule has 4 N–H and O–H groups in total. The van der Waals surface area contributed by atoms with Gasteiger partial charge in [0, 0.05) is 0 Å². The Balaban J connectivity index is 2.77. The van der Waals surface area contributed by atoms with Gasteiger partial charge in [-0.15, -0.1) is 0 Å². The largest absolute Gasteiger partial charge is 0.506 e. The van der Waals surface area contributed by atoms with Crippen molar-refractivity contribution < 1.29 is 9.90 Å². The van der Waals surface area contributed by atoms with Gasteiger partial charge < -0.3 is 16.2 Å². The van der Waals surface area contributed by atoms with E-state index in [0.717, 1.165) is 12.0 Å². The van der Waals surface area contributed by atoms with E-state index in [1.54, 1.807) is 18.2 Å². The summed E-state index contributed by atoms with van der Waals surface area (Å²) in [5.41, 5.74) is 7.19. The van der Waals surface area contributed by atoms with E-state index in [2.05, 4.69) is 5.32 Å². The standard InChI is InChI=1S/C13H20N2O2/c1-4-9(3)12(14)13(17)15-10-7-8(2)5-6-11(10)16/h5-7,9,12,16H,4,14H2,1-3H3,(H,15,17)/t9?,12-/m0/s1. The second-order valence-electron chi connectivity index (χ2n) is 4.42. The van der Waals surface area contributed by atoms with Crippen LogP contribution in [0.25, 0.3) is 0 Å². The van der Waals surface area contributed by atoms with Gasteiger partial charge in [0.05, 0.1) is 11.7 Å². The van der Waals surface area contributed by atoms with Crippen molar-refractivity contribution in [2.24, 2.45) is 11.7 Å². The van der Waals surface area contributed by atoms with Gasteiger partial charge in [-0.3, -0.25) is 4.79 Å². The molecule has 0 spiro atoms. The number of amides is 1. The summed E-state index contributed by atoms with van der Waals surface area (Å²) in [5, 5.41) is 12.3. The van der Waals surface area contributed by atoms with Crippen LogP contribution in [0.1, 0.15) is 25.8 Å². The van der Waals surface area contributed by atoms with Gasteiger partial charge in [-0.1, -0.05) is 26.3 Å². The first-order valence-corrected chi connectivity index (χ1v) is 5.81. The van der Waals surface area contributed by atoms with Crippen LogP contribution in [0.4, 0.5) is 5.69 Å². The number of carbonyl (C=O) groups is 1. The van der Waals surface area contributed by atoms with Gasteiger partial charge in [-0.2, -0.15) is 0 Å². The smallest absolute Gasteiger partial charge is 0.241 e. The third-order valence-corrected chi connectivity index (χ3v) is 2.97. The van der Waals surface area contributed by atoms with Crippen molar-refractivity contribution >= 4 is 11.6 Å². The lowest BCUT2D eigenvalue weighted by Crippen LogP contribution is -2.40. The Morgan fingerprint density at radius 1 is 1.53 bits per heavy atom. The zero-order chi connectivity index (χ0) is 13.0. The van der Waals surface area contributed by atoms with Crippen molar-refractivity contribution in [3.63, 3.8) is 0 Å². The topological polar surface area (TPSA) is 75.4 Å². The molecule has 0 saturated carbocycles. The molecule has 0 aliphatic heterocycles. The second-order valence-corrected chi connectivity index (χ2v) is 4.42. The number of phenols is 1. The van der Waals surface area contributed by atoms with Crippen LogP contribution in [-0.4, -0.2) is 17.1 Å². The first-order chi connectivity index (χ1) is 7.95. The van der Waals surface area contributed by atoms with E-state index in [0.29, 0.717) is 5.69 Å². The molecule has 0 aromatic heterocycles. The quantitative estimate of drug-likeness (QED) is 0.700. The molecule has 1 unspecified atom stereocenters. The van der Waals surface area contributed by atoms with Crippen LogP contribution < -0.4 is 11.1 Å². The van der Waals surface area contributed by atoms with Crippen molar-refractivity contribution in [1.29, 1.82) is 0 Å². The highest BCUT2D eigenvalue weighted by Gasteiger charge is 2.20. The number of aryl methyl sites for hydroxylation is 1. The summed E-state index contributed by atoms with van der Waals surface area (Å²) in [6, 6.07) is 4.50. The van der Waals surface area contributed by atoms with E-state index in [1.165, 1.54) is 0 Å². The Hall–Kier alpha value is -1.55. The molecule has 0 bridgehead atoms. The predicted molar refractivity (Wildman–Crippen MR) is 68.9 cm³/mol. The molecule has 17 heavy (non-hydrogen) atoms. The Labute approximate surface area is 102 Å². The molecule has 0 aliphatic rings. The lowest BCUT2D eigenvalue weighted by atomic mass is 9.99. The molecule has 0 aliphatic carbocycles. The van der Waals surface area contributed by atoms with Crippen LogP contribution in [0.2, 0.25) is 0 Å². The first-order valence-electron chi connectivity index (χ1n) is 5.81. The van der Waals surface area contributed by atoms with Crippen LogP contribution in [0, 0.1) is 12.8 Å². The number of hydrogen-bond acceptors (Lipinski definition) is 3. The molecule has 0 radical (unpaired) electrons. The van der Waals surface area contributed by atoms with Crippen LogP contribution in [-0.2, 0) is 4.79 Å². The number of nitrogens with two attached hydrogens (primary N) is 1. The highest BCUT2D eigenvalue weighted by atomic mass is 16.3. The monoisotopic (exact) mass is 236 g/mol. The molecular weight excluding hydrogens is 216 g/mol. The molecule has 0 heterocycles. The Morgan fingerprint density at radius 2 is 2.18 bits per heavy atom. The van der Waals surface area contributed by atoms with Crippen molar-refractivity contribution in [1.82, 2.24) is 0 Å². The summed E-state index contributed by atoms with van der Waals surface area (Å²) in [6.07, 6.45) is 0.842. The first kappa shape index (κ1) is 13.5. The third kappa shape index (κ3) is 3.46. The molecule has 1 amide bonds. The summed E-state index contributed by atoms with van der Waals surface area (Å²) in [5.74, 6) is -0.0949. The Morgan fingerprint density at radius 3 is 2.76 bits per heavy atom. The van der Waals surface area contributed by atoms with E-state index in [9.17, 15) is 9.90 Å². The van der Waals surface area contributed by atoms with Crippen molar-refractivity contribution in [2.75, 3.05) is 5.32 Å². The van der Waals surface area contributed by atoms with Crippen LogP contribution in [0.3, 0.4) is 0 Å². The molecule has 0 fully saturated rings. The zero-order valence-corrected chi connectivity index (χ0v) is 10.5. The molecule has 1 rings (SSSR count). The maximum Gasteiger partial charge on any atom is 0.241 e. The van der Waals surface area contributed by atoms with Gasteiger partial charge in [0.15, 0.2) is 0 Å². The third-order valence-electron chi connectivity index (χ3n) is 2.97. The lowest BCUT2D eigenvalue weighted by Gasteiger charge is -2.18. The minimum absolute atomic E-state index is 0.0558. The molecule has 94 valence electrons. The SMILES string of the molecule is CCC(C)[C@H](N)C(=O)Nc1cc(C)ccc1O. The maximum absolute atomic E-state index is 11.8. The number of phenolic OH excluding ortho intramolecular Hbond substituents is 1.